The summed E-state index contributed by atoms with van der Waals surface area (Å²) in [4.78, 5) is 12.1. The number of hydrogen-bond acceptors (Lipinski definition) is 4. The van der Waals surface area contributed by atoms with Gasteiger partial charge in [0.15, 0.2) is 0 Å². The summed E-state index contributed by atoms with van der Waals surface area (Å²) < 4.78 is 11.3. The molecule has 5 nitrogen and oxygen atoms in total. The zero-order valence-electron chi connectivity index (χ0n) is 14.1. The SMILES string of the molecule is COc1ccc2oc(C(C)NC(C)C(=O)NC3CC3)c(C)c2c1. The molecule has 1 heterocycles. The minimum absolute atomic E-state index is 0.0478. The van der Waals surface area contributed by atoms with Gasteiger partial charge in [0.25, 0.3) is 0 Å². The minimum Gasteiger partial charge on any atom is -0.497 e. The lowest BCUT2D eigenvalue weighted by molar-refractivity contribution is -0.123. The molecule has 5 heteroatoms. The first-order chi connectivity index (χ1) is 11.0. The summed E-state index contributed by atoms with van der Waals surface area (Å²) in [6.07, 6.45) is 2.19. The van der Waals surface area contributed by atoms with Crippen molar-refractivity contribution in [2.45, 2.75) is 51.7 Å². The second-order valence-electron chi connectivity index (χ2n) is 6.35. The summed E-state index contributed by atoms with van der Waals surface area (Å²) >= 11 is 0. The molecule has 2 N–H and O–H groups in total. The predicted octanol–water partition coefficient (Wildman–Crippen LogP) is 3.07. The van der Waals surface area contributed by atoms with Gasteiger partial charge < -0.3 is 14.5 Å². The van der Waals surface area contributed by atoms with Gasteiger partial charge in [-0.15, -0.1) is 0 Å². The third kappa shape index (κ3) is 3.34. The molecule has 1 fully saturated rings. The average molecular weight is 316 g/mol. The Bertz CT molecular complexity index is 718. The lowest BCUT2D eigenvalue weighted by atomic mass is 10.1. The number of benzene rings is 1. The lowest BCUT2D eigenvalue weighted by Gasteiger charge is -2.18. The largest absolute Gasteiger partial charge is 0.497 e. The molecule has 0 aliphatic heterocycles. The van der Waals surface area contributed by atoms with E-state index in [1.165, 1.54) is 0 Å². The highest BCUT2D eigenvalue weighted by Crippen LogP contribution is 2.32. The molecule has 2 atom stereocenters. The molecule has 0 radical (unpaired) electrons. The second-order valence-corrected chi connectivity index (χ2v) is 6.35. The molecular weight excluding hydrogens is 292 g/mol. The number of ether oxygens (including phenoxy) is 1. The van der Waals surface area contributed by atoms with Gasteiger partial charge in [0.1, 0.15) is 17.1 Å². The number of hydrogen-bond donors (Lipinski definition) is 2. The average Bonchev–Trinajstić information content (AvgIpc) is 3.29. The molecule has 0 spiro atoms. The Hall–Kier alpha value is -2.01. The maximum absolute atomic E-state index is 12.1. The van der Waals surface area contributed by atoms with Crippen LogP contribution in [-0.4, -0.2) is 25.1 Å². The van der Waals surface area contributed by atoms with Crippen LogP contribution >= 0.6 is 0 Å². The summed E-state index contributed by atoms with van der Waals surface area (Å²) in [5.41, 5.74) is 1.91. The highest BCUT2D eigenvalue weighted by molar-refractivity contribution is 5.84. The van der Waals surface area contributed by atoms with Gasteiger partial charge in [0, 0.05) is 17.0 Å². The van der Waals surface area contributed by atoms with E-state index in [4.69, 9.17) is 9.15 Å². The fourth-order valence-electron chi connectivity index (χ4n) is 2.84. The first-order valence-corrected chi connectivity index (χ1v) is 8.13. The number of fused-ring (bicyclic) bond motifs is 1. The van der Waals surface area contributed by atoms with E-state index in [9.17, 15) is 4.79 Å². The second kappa shape index (κ2) is 6.24. The Morgan fingerprint density at radius 1 is 1.35 bits per heavy atom. The quantitative estimate of drug-likeness (QED) is 0.860. The Morgan fingerprint density at radius 3 is 2.74 bits per heavy atom. The van der Waals surface area contributed by atoms with Crippen molar-refractivity contribution in [2.24, 2.45) is 0 Å². The maximum Gasteiger partial charge on any atom is 0.237 e. The molecule has 2 unspecified atom stereocenters. The number of amides is 1. The molecular formula is C18H24N2O3. The van der Waals surface area contributed by atoms with Crippen molar-refractivity contribution in [3.63, 3.8) is 0 Å². The van der Waals surface area contributed by atoms with E-state index < -0.39 is 0 Å². The topological polar surface area (TPSA) is 63.5 Å². The Balaban J connectivity index is 1.75. The first kappa shape index (κ1) is 15.9. The van der Waals surface area contributed by atoms with E-state index in [1.54, 1.807) is 7.11 Å². The van der Waals surface area contributed by atoms with Gasteiger partial charge in [-0.25, -0.2) is 0 Å². The summed E-state index contributed by atoms with van der Waals surface area (Å²) in [7, 11) is 1.65. The van der Waals surface area contributed by atoms with Crippen LogP contribution in [0.25, 0.3) is 11.0 Å². The number of carbonyl (C=O) groups is 1. The van der Waals surface area contributed by atoms with Gasteiger partial charge in [0.2, 0.25) is 5.91 Å². The zero-order valence-corrected chi connectivity index (χ0v) is 14.1. The molecule has 1 aliphatic carbocycles. The molecule has 0 bridgehead atoms. The fraction of sp³-hybridized carbons (Fsp3) is 0.500. The molecule has 1 aromatic carbocycles. The van der Waals surface area contributed by atoms with Gasteiger partial charge in [-0.05, 0) is 51.8 Å². The van der Waals surface area contributed by atoms with Gasteiger partial charge >= 0.3 is 0 Å². The normalized spacial score (nSPS) is 17.0. The molecule has 0 saturated heterocycles. The molecule has 1 aromatic heterocycles. The Labute approximate surface area is 136 Å². The molecule has 1 saturated carbocycles. The summed E-state index contributed by atoms with van der Waals surface area (Å²) in [6.45, 7) is 5.94. The van der Waals surface area contributed by atoms with Crippen molar-refractivity contribution in [1.82, 2.24) is 10.6 Å². The van der Waals surface area contributed by atoms with Crippen molar-refractivity contribution in [1.29, 1.82) is 0 Å². The van der Waals surface area contributed by atoms with Crippen LogP contribution in [0.4, 0.5) is 0 Å². The smallest absolute Gasteiger partial charge is 0.237 e. The third-order valence-corrected chi connectivity index (χ3v) is 4.39. The molecule has 3 rings (SSSR count). The van der Waals surface area contributed by atoms with E-state index in [0.29, 0.717) is 6.04 Å². The van der Waals surface area contributed by atoms with Crippen LogP contribution in [0.3, 0.4) is 0 Å². The molecule has 23 heavy (non-hydrogen) atoms. The number of nitrogens with one attached hydrogen (secondary N) is 2. The van der Waals surface area contributed by atoms with Gasteiger partial charge in [-0.3, -0.25) is 10.1 Å². The van der Waals surface area contributed by atoms with Crippen molar-refractivity contribution in [2.75, 3.05) is 7.11 Å². The van der Waals surface area contributed by atoms with Crippen LogP contribution in [-0.2, 0) is 4.79 Å². The van der Waals surface area contributed by atoms with Crippen molar-refractivity contribution >= 4 is 16.9 Å². The Morgan fingerprint density at radius 2 is 2.09 bits per heavy atom. The van der Waals surface area contributed by atoms with Crippen LogP contribution in [0, 0.1) is 6.92 Å². The van der Waals surface area contributed by atoms with E-state index in [2.05, 4.69) is 10.6 Å². The standard InChI is InChI=1S/C18H24N2O3/c1-10-15-9-14(22-4)7-8-16(15)23-17(10)11(2)19-12(3)18(21)20-13-5-6-13/h7-9,11-13,19H,5-6H2,1-4H3,(H,20,21). The number of aryl methyl sites for hydroxylation is 1. The number of methoxy groups -OCH3 is 1. The minimum atomic E-state index is -0.257. The maximum atomic E-state index is 12.1. The zero-order chi connectivity index (χ0) is 16.6. The van der Waals surface area contributed by atoms with Gasteiger partial charge in [-0.1, -0.05) is 0 Å². The van der Waals surface area contributed by atoms with Gasteiger partial charge in [0.05, 0.1) is 19.2 Å². The van der Waals surface area contributed by atoms with Crippen LogP contribution in [0.2, 0.25) is 0 Å². The number of rotatable bonds is 6. The number of carbonyl (C=O) groups excluding carboxylic acids is 1. The highest BCUT2D eigenvalue weighted by atomic mass is 16.5. The van der Waals surface area contributed by atoms with Crippen LogP contribution in [0.1, 0.15) is 44.1 Å². The van der Waals surface area contributed by atoms with E-state index in [-0.39, 0.29) is 18.0 Å². The lowest BCUT2D eigenvalue weighted by Crippen LogP contribution is -2.43. The third-order valence-electron chi connectivity index (χ3n) is 4.39. The fourth-order valence-corrected chi connectivity index (χ4v) is 2.84. The van der Waals surface area contributed by atoms with E-state index >= 15 is 0 Å². The van der Waals surface area contributed by atoms with Crippen LogP contribution in [0.15, 0.2) is 22.6 Å². The van der Waals surface area contributed by atoms with Crippen molar-refractivity contribution in [3.05, 3.63) is 29.5 Å². The predicted molar refractivity (Wildman–Crippen MR) is 89.7 cm³/mol. The Kier molecular flexibility index (Phi) is 4.31. The molecule has 124 valence electrons. The molecule has 1 amide bonds. The molecule has 1 aliphatic rings. The highest BCUT2D eigenvalue weighted by Gasteiger charge is 2.27. The summed E-state index contributed by atoms with van der Waals surface area (Å²) in [6, 6.07) is 5.86. The molecule has 2 aromatic rings. The van der Waals surface area contributed by atoms with Crippen molar-refractivity contribution in [3.8, 4) is 5.75 Å². The summed E-state index contributed by atoms with van der Waals surface area (Å²) in [5.74, 6) is 1.72. The van der Waals surface area contributed by atoms with Crippen LogP contribution < -0.4 is 15.4 Å². The monoisotopic (exact) mass is 316 g/mol. The first-order valence-electron chi connectivity index (χ1n) is 8.13. The van der Waals surface area contributed by atoms with E-state index in [0.717, 1.165) is 40.9 Å². The van der Waals surface area contributed by atoms with E-state index in [1.807, 2.05) is 39.0 Å². The van der Waals surface area contributed by atoms with Crippen molar-refractivity contribution < 1.29 is 13.9 Å². The van der Waals surface area contributed by atoms with Gasteiger partial charge in [-0.2, -0.15) is 0 Å². The number of furan rings is 1. The van der Waals surface area contributed by atoms with Crippen LogP contribution in [0.5, 0.6) is 5.75 Å². The summed E-state index contributed by atoms with van der Waals surface area (Å²) in [5, 5.41) is 7.39.